The summed E-state index contributed by atoms with van der Waals surface area (Å²) >= 11 is 0. The van der Waals surface area contributed by atoms with Crippen LogP contribution < -0.4 is 0 Å². The van der Waals surface area contributed by atoms with Crippen LogP contribution in [0.1, 0.15) is 23.2 Å². The minimum Gasteiger partial charge on any atom is -0.393 e. The number of hydrogen-bond acceptors (Lipinski definition) is 6. The smallest absolute Gasteiger partial charge is 0.277 e. The fraction of sp³-hybridized carbons (Fsp3) is 0.417. The molecule has 0 saturated carbocycles. The number of non-ortho nitro benzene ring substituents is 2. The number of amides is 1. The maximum Gasteiger partial charge on any atom is 0.277 e. The summed E-state index contributed by atoms with van der Waals surface area (Å²) in [5, 5.41) is 31.0. The zero-order valence-electron chi connectivity index (χ0n) is 11.0. The lowest BCUT2D eigenvalue weighted by atomic mass is 10.1. The van der Waals surface area contributed by atoms with Crippen molar-refractivity contribution in [3.63, 3.8) is 0 Å². The predicted molar refractivity (Wildman–Crippen MR) is 70.9 cm³/mol. The number of carbonyl (C=O) groups is 1. The Labute approximate surface area is 119 Å². The van der Waals surface area contributed by atoms with E-state index in [4.69, 9.17) is 0 Å². The standard InChI is InChI=1S/C12H13N3O6/c16-11-1-3-13(4-2-11)12(17)8-5-9(14(18)19)7-10(6-8)15(20)21/h5-7,11,16H,1-4H2. The van der Waals surface area contributed by atoms with Gasteiger partial charge in [-0.2, -0.15) is 0 Å². The molecule has 1 aromatic carbocycles. The maximum absolute atomic E-state index is 12.3. The van der Waals surface area contributed by atoms with Crippen LogP contribution in [0.15, 0.2) is 18.2 Å². The first-order chi connectivity index (χ1) is 9.88. The van der Waals surface area contributed by atoms with E-state index in [-0.39, 0.29) is 5.56 Å². The summed E-state index contributed by atoms with van der Waals surface area (Å²) in [6.07, 6.45) is 0.374. The molecule has 0 atom stereocenters. The van der Waals surface area contributed by atoms with Gasteiger partial charge < -0.3 is 10.0 Å². The highest BCUT2D eigenvalue weighted by molar-refractivity contribution is 5.95. The van der Waals surface area contributed by atoms with E-state index in [1.807, 2.05) is 0 Å². The molecular formula is C12H13N3O6. The number of nitro benzene ring substituents is 2. The fourth-order valence-corrected chi connectivity index (χ4v) is 2.18. The Balaban J connectivity index is 2.31. The molecular weight excluding hydrogens is 282 g/mol. The van der Waals surface area contributed by atoms with E-state index in [0.717, 1.165) is 18.2 Å². The first-order valence-electron chi connectivity index (χ1n) is 6.29. The lowest BCUT2D eigenvalue weighted by Crippen LogP contribution is -2.40. The molecule has 1 N–H and O–H groups in total. The van der Waals surface area contributed by atoms with Crippen molar-refractivity contribution in [2.24, 2.45) is 0 Å². The van der Waals surface area contributed by atoms with Gasteiger partial charge in [0.15, 0.2) is 0 Å². The molecule has 1 heterocycles. The quantitative estimate of drug-likeness (QED) is 0.657. The van der Waals surface area contributed by atoms with Gasteiger partial charge in [0, 0.05) is 25.2 Å². The van der Waals surface area contributed by atoms with Crippen LogP contribution in [-0.2, 0) is 0 Å². The first-order valence-corrected chi connectivity index (χ1v) is 6.29. The van der Waals surface area contributed by atoms with Crippen LogP contribution in [0, 0.1) is 20.2 Å². The summed E-state index contributed by atoms with van der Waals surface area (Å²) in [6, 6.07) is 2.87. The van der Waals surface area contributed by atoms with Crippen LogP contribution in [0.25, 0.3) is 0 Å². The number of benzene rings is 1. The molecule has 0 aromatic heterocycles. The molecule has 0 unspecified atom stereocenters. The van der Waals surface area contributed by atoms with Crippen molar-refractivity contribution >= 4 is 17.3 Å². The third kappa shape index (κ3) is 3.31. The van der Waals surface area contributed by atoms with Crippen LogP contribution in [0.2, 0.25) is 0 Å². The monoisotopic (exact) mass is 295 g/mol. The fourth-order valence-electron chi connectivity index (χ4n) is 2.18. The van der Waals surface area contributed by atoms with E-state index in [1.165, 1.54) is 4.90 Å². The Morgan fingerprint density at radius 2 is 1.57 bits per heavy atom. The number of nitrogens with zero attached hydrogens (tertiary/aromatic N) is 3. The second-order valence-electron chi connectivity index (χ2n) is 4.78. The molecule has 9 heteroatoms. The molecule has 0 radical (unpaired) electrons. The van der Waals surface area contributed by atoms with Gasteiger partial charge in [-0.05, 0) is 12.8 Å². The van der Waals surface area contributed by atoms with Crippen molar-refractivity contribution in [3.05, 3.63) is 44.0 Å². The number of rotatable bonds is 3. The third-order valence-corrected chi connectivity index (χ3v) is 3.32. The van der Waals surface area contributed by atoms with Gasteiger partial charge in [0.2, 0.25) is 0 Å². The van der Waals surface area contributed by atoms with Crippen LogP contribution in [-0.4, -0.2) is 45.0 Å². The Morgan fingerprint density at radius 3 is 2.00 bits per heavy atom. The molecule has 0 bridgehead atoms. The van der Waals surface area contributed by atoms with E-state index < -0.39 is 33.2 Å². The normalized spacial score (nSPS) is 15.8. The van der Waals surface area contributed by atoms with E-state index >= 15 is 0 Å². The molecule has 9 nitrogen and oxygen atoms in total. The summed E-state index contributed by atoms with van der Waals surface area (Å²) in [5.74, 6) is -0.506. The zero-order valence-corrected chi connectivity index (χ0v) is 11.0. The van der Waals surface area contributed by atoms with Gasteiger partial charge >= 0.3 is 0 Å². The highest BCUT2D eigenvalue weighted by Crippen LogP contribution is 2.24. The maximum atomic E-state index is 12.3. The van der Waals surface area contributed by atoms with Crippen LogP contribution >= 0.6 is 0 Å². The van der Waals surface area contributed by atoms with Gasteiger partial charge in [0.1, 0.15) is 0 Å². The molecule has 1 saturated heterocycles. The molecule has 1 aliphatic rings. The van der Waals surface area contributed by atoms with Gasteiger partial charge in [0.25, 0.3) is 17.3 Å². The molecule has 1 aliphatic heterocycles. The van der Waals surface area contributed by atoms with Crippen molar-refractivity contribution in [3.8, 4) is 0 Å². The average Bonchev–Trinajstić information content (AvgIpc) is 2.46. The highest BCUT2D eigenvalue weighted by atomic mass is 16.6. The van der Waals surface area contributed by atoms with Crippen LogP contribution in [0.3, 0.4) is 0 Å². The highest BCUT2D eigenvalue weighted by Gasteiger charge is 2.26. The molecule has 1 amide bonds. The van der Waals surface area contributed by atoms with Crippen LogP contribution in [0.4, 0.5) is 11.4 Å². The first kappa shape index (κ1) is 14.9. The Hall–Kier alpha value is -2.55. The molecule has 1 aromatic rings. The van der Waals surface area contributed by atoms with Gasteiger partial charge in [0.05, 0.1) is 27.6 Å². The molecule has 112 valence electrons. The number of likely N-dealkylation sites (tertiary alicyclic amines) is 1. The number of piperidine rings is 1. The summed E-state index contributed by atoms with van der Waals surface area (Å²) in [7, 11) is 0. The number of nitro groups is 2. The molecule has 1 fully saturated rings. The van der Waals surface area contributed by atoms with Crippen molar-refractivity contribution < 1.29 is 19.7 Å². The lowest BCUT2D eigenvalue weighted by molar-refractivity contribution is -0.394. The van der Waals surface area contributed by atoms with Crippen molar-refractivity contribution in [1.82, 2.24) is 4.90 Å². The van der Waals surface area contributed by atoms with E-state index in [2.05, 4.69) is 0 Å². The summed E-state index contributed by atoms with van der Waals surface area (Å²) < 4.78 is 0. The Bertz CT molecular complexity index is 562. The van der Waals surface area contributed by atoms with Crippen molar-refractivity contribution in [1.29, 1.82) is 0 Å². The number of aliphatic hydroxyl groups is 1. The van der Waals surface area contributed by atoms with E-state index in [9.17, 15) is 30.1 Å². The largest absolute Gasteiger partial charge is 0.393 e. The summed E-state index contributed by atoms with van der Waals surface area (Å²) in [4.78, 5) is 33.7. The second kappa shape index (κ2) is 5.83. The predicted octanol–water partition coefficient (Wildman–Crippen LogP) is 1.10. The van der Waals surface area contributed by atoms with Gasteiger partial charge in [-0.25, -0.2) is 0 Å². The average molecular weight is 295 g/mol. The Kier molecular flexibility index (Phi) is 4.13. The molecule has 21 heavy (non-hydrogen) atoms. The summed E-state index contributed by atoms with van der Waals surface area (Å²) in [6.45, 7) is 0.632. The van der Waals surface area contributed by atoms with Gasteiger partial charge in [-0.1, -0.05) is 0 Å². The number of carbonyl (C=O) groups excluding carboxylic acids is 1. The number of hydrogen-bond donors (Lipinski definition) is 1. The van der Waals surface area contributed by atoms with E-state index in [1.54, 1.807) is 0 Å². The summed E-state index contributed by atoms with van der Waals surface area (Å²) in [5.41, 5.74) is -1.08. The van der Waals surface area contributed by atoms with E-state index in [0.29, 0.717) is 25.9 Å². The molecule has 2 rings (SSSR count). The lowest BCUT2D eigenvalue weighted by Gasteiger charge is -2.29. The molecule has 0 spiro atoms. The number of aliphatic hydroxyl groups excluding tert-OH is 1. The molecule has 0 aliphatic carbocycles. The topological polar surface area (TPSA) is 127 Å². The van der Waals surface area contributed by atoms with Crippen LogP contribution in [0.5, 0.6) is 0 Å². The minimum atomic E-state index is -0.774. The minimum absolute atomic E-state index is 0.0905. The second-order valence-corrected chi connectivity index (χ2v) is 4.78. The van der Waals surface area contributed by atoms with Crippen molar-refractivity contribution in [2.45, 2.75) is 18.9 Å². The van der Waals surface area contributed by atoms with Gasteiger partial charge in [-0.15, -0.1) is 0 Å². The third-order valence-electron chi connectivity index (χ3n) is 3.32. The SMILES string of the molecule is O=C(c1cc([N+](=O)[O-])cc([N+](=O)[O-])c1)N1CCC(O)CC1. The van der Waals surface area contributed by atoms with Crippen molar-refractivity contribution in [2.75, 3.05) is 13.1 Å². The zero-order chi connectivity index (χ0) is 15.6. The van der Waals surface area contributed by atoms with Gasteiger partial charge in [-0.3, -0.25) is 25.0 Å². The Morgan fingerprint density at radius 1 is 1.10 bits per heavy atom.